The van der Waals surface area contributed by atoms with Gasteiger partial charge in [-0.25, -0.2) is 14.4 Å². The van der Waals surface area contributed by atoms with Crippen LogP contribution >= 0.6 is 0 Å². The minimum absolute atomic E-state index is 0.0764. The Kier molecular flexibility index (Phi) is 13.3. The molecule has 5 rings (SSSR count). The van der Waals surface area contributed by atoms with E-state index in [0.29, 0.717) is 0 Å². The number of aromatic hydroxyl groups is 8. The molecule has 0 radical (unpaired) electrons. The Balaban J connectivity index is 0.000000772. The predicted molar refractivity (Wildman–Crippen MR) is 186 cm³/mol. The number of esters is 3. The Morgan fingerprint density at radius 1 is 0.411 bits per heavy atom. The molecule has 4 aromatic rings. The molecule has 1 saturated heterocycles. The van der Waals surface area contributed by atoms with E-state index in [1.165, 1.54) is 30.3 Å². The molecule has 0 bridgehead atoms. The maximum Gasteiger partial charge on any atom is 0.332 e. The molecule has 0 spiro atoms. The summed E-state index contributed by atoms with van der Waals surface area (Å²) in [5.74, 6) is -12.1. The van der Waals surface area contributed by atoms with E-state index in [1.54, 1.807) is 12.1 Å². The molecule has 1 fully saturated rings. The fourth-order valence-corrected chi connectivity index (χ4v) is 4.62. The first-order valence-electron chi connectivity index (χ1n) is 16.0. The quantitative estimate of drug-likeness (QED) is 0.0715. The molecule has 20 heteroatoms. The standard InChI is InChI=1S/C30H27N3O15.C6H6O2/c34-19-7-1-4-13(22(19)37)25(40)31-16-10-46-29(44)18(33-27(42)15-6-3-9-21(36)24(15)39)12-48-30(45)17(11-47-28(16)43)32-26(41)14-5-2-8-20(35)23(14)38;7-5-3-1-2-4-6(5)8/h1-9,16-18,34-39H,10-12H2,(H,31,40)(H,32,41)(H,33,42);1-4,7-8H/t16-,17-,18-;/m0./s1. The number of hydrogen-bond donors (Lipinski definition) is 11. The SMILES string of the molecule is O=C(N[C@H]1COC(=O)[C@@H](NC(=O)c2cccc(O)c2O)COC(=O)[C@@H](NC(=O)c2cccc(O)c2O)COC1=O)c1cccc(O)c1O.Oc1ccccc1O. The molecule has 3 atom stereocenters. The van der Waals surface area contributed by atoms with Crippen LogP contribution in [-0.4, -0.2) is 114 Å². The highest BCUT2D eigenvalue weighted by atomic mass is 16.6. The zero-order valence-corrected chi connectivity index (χ0v) is 28.6. The van der Waals surface area contributed by atoms with Gasteiger partial charge in [-0.15, -0.1) is 0 Å². The summed E-state index contributed by atoms with van der Waals surface area (Å²) in [4.78, 5) is 77.9. The Morgan fingerprint density at radius 2 is 0.661 bits per heavy atom. The molecule has 4 aromatic carbocycles. The Bertz CT molecular complexity index is 1920. The summed E-state index contributed by atoms with van der Waals surface area (Å²) in [6.07, 6.45) is 0. The smallest absolute Gasteiger partial charge is 0.332 e. The summed E-state index contributed by atoms with van der Waals surface area (Å²) in [5.41, 5.74) is -1.47. The number of nitrogens with one attached hydrogen (secondary N) is 3. The molecule has 294 valence electrons. The summed E-state index contributed by atoms with van der Waals surface area (Å²) in [6, 6.07) is 10.8. The minimum atomic E-state index is -1.84. The summed E-state index contributed by atoms with van der Waals surface area (Å²) in [7, 11) is 0. The number of rotatable bonds is 6. The first-order chi connectivity index (χ1) is 26.6. The van der Waals surface area contributed by atoms with Crippen LogP contribution in [0, 0.1) is 0 Å². The fourth-order valence-electron chi connectivity index (χ4n) is 4.62. The topological polar surface area (TPSA) is 328 Å². The van der Waals surface area contributed by atoms with Crippen LogP contribution in [0.2, 0.25) is 0 Å². The van der Waals surface area contributed by atoms with Crippen molar-refractivity contribution < 1.29 is 83.8 Å². The summed E-state index contributed by atoms with van der Waals surface area (Å²) in [6.45, 7) is -2.85. The predicted octanol–water partition coefficient (Wildman–Crippen LogP) is 0.357. The van der Waals surface area contributed by atoms with Gasteiger partial charge in [0, 0.05) is 0 Å². The average Bonchev–Trinajstić information content (AvgIpc) is 3.17. The molecule has 0 aromatic heterocycles. The number of phenolic OH excluding ortho intramolecular Hbond substituents is 8. The third-order valence-corrected chi connectivity index (χ3v) is 7.61. The highest BCUT2D eigenvalue weighted by molar-refractivity contribution is 6.01. The van der Waals surface area contributed by atoms with Crippen LogP contribution in [0.4, 0.5) is 0 Å². The lowest BCUT2D eigenvalue weighted by Crippen LogP contribution is -2.52. The molecular weight excluding hydrogens is 746 g/mol. The average molecular weight is 780 g/mol. The van der Waals surface area contributed by atoms with Crippen molar-refractivity contribution in [1.29, 1.82) is 0 Å². The second-order valence-electron chi connectivity index (χ2n) is 11.5. The molecule has 0 aliphatic carbocycles. The van der Waals surface area contributed by atoms with Gasteiger partial charge in [-0.05, 0) is 48.5 Å². The second-order valence-corrected chi connectivity index (χ2v) is 11.5. The normalized spacial score (nSPS) is 17.1. The Hall–Kier alpha value is -7.90. The van der Waals surface area contributed by atoms with Crippen molar-refractivity contribution in [2.24, 2.45) is 0 Å². The molecule has 0 unspecified atom stereocenters. The largest absolute Gasteiger partial charge is 0.504 e. The van der Waals surface area contributed by atoms with E-state index in [-0.39, 0.29) is 11.5 Å². The highest BCUT2D eigenvalue weighted by Crippen LogP contribution is 2.30. The number of carbonyl (C=O) groups excluding carboxylic acids is 6. The fraction of sp³-hybridized carbons (Fsp3) is 0.167. The van der Waals surface area contributed by atoms with Crippen molar-refractivity contribution in [3.05, 3.63) is 95.6 Å². The van der Waals surface area contributed by atoms with Gasteiger partial charge in [0.15, 0.2) is 64.1 Å². The molecule has 3 amide bonds. The Labute approximate surface area is 314 Å². The van der Waals surface area contributed by atoms with Crippen molar-refractivity contribution in [3.63, 3.8) is 0 Å². The number of ether oxygens (including phenoxy) is 3. The summed E-state index contributed by atoms with van der Waals surface area (Å²) < 4.78 is 15.3. The maximum atomic E-state index is 13.1. The second kappa shape index (κ2) is 18.2. The lowest BCUT2D eigenvalue weighted by atomic mass is 10.1. The van der Waals surface area contributed by atoms with Crippen molar-refractivity contribution in [2.45, 2.75) is 18.1 Å². The molecule has 56 heavy (non-hydrogen) atoms. The van der Waals surface area contributed by atoms with Crippen LogP contribution in [0.15, 0.2) is 78.9 Å². The van der Waals surface area contributed by atoms with Gasteiger partial charge in [-0.3, -0.25) is 14.4 Å². The third-order valence-electron chi connectivity index (χ3n) is 7.61. The number of amides is 3. The number of carbonyl (C=O) groups is 6. The maximum absolute atomic E-state index is 13.1. The van der Waals surface area contributed by atoms with E-state index in [1.807, 2.05) is 0 Å². The van der Waals surface area contributed by atoms with E-state index in [9.17, 15) is 59.4 Å². The van der Waals surface area contributed by atoms with E-state index < -0.39 is 125 Å². The molecule has 1 aliphatic rings. The van der Waals surface area contributed by atoms with Crippen LogP contribution in [0.3, 0.4) is 0 Å². The van der Waals surface area contributed by atoms with E-state index in [0.717, 1.165) is 36.4 Å². The number of phenols is 8. The van der Waals surface area contributed by atoms with Crippen LogP contribution < -0.4 is 16.0 Å². The zero-order chi connectivity index (χ0) is 41.1. The Morgan fingerprint density at radius 3 is 0.911 bits per heavy atom. The van der Waals surface area contributed by atoms with Gasteiger partial charge in [0.2, 0.25) is 0 Å². The molecule has 20 nitrogen and oxygen atoms in total. The first kappa shape index (κ1) is 40.9. The molecule has 1 heterocycles. The monoisotopic (exact) mass is 779 g/mol. The molecule has 1 aliphatic heterocycles. The van der Waals surface area contributed by atoms with Gasteiger partial charge >= 0.3 is 17.9 Å². The molecular formula is C36H33N3O17. The van der Waals surface area contributed by atoms with Crippen LogP contribution in [0.1, 0.15) is 31.1 Å². The summed E-state index contributed by atoms with van der Waals surface area (Å²) >= 11 is 0. The zero-order valence-electron chi connectivity index (χ0n) is 28.6. The van der Waals surface area contributed by atoms with Gasteiger partial charge in [0.1, 0.15) is 19.8 Å². The van der Waals surface area contributed by atoms with Crippen molar-refractivity contribution in [1.82, 2.24) is 16.0 Å². The van der Waals surface area contributed by atoms with Gasteiger partial charge in [0.05, 0.1) is 16.7 Å². The van der Waals surface area contributed by atoms with Gasteiger partial charge < -0.3 is 71.0 Å². The van der Waals surface area contributed by atoms with Crippen molar-refractivity contribution in [2.75, 3.05) is 19.8 Å². The number of benzene rings is 4. The van der Waals surface area contributed by atoms with E-state index in [2.05, 4.69) is 16.0 Å². The minimum Gasteiger partial charge on any atom is -0.504 e. The van der Waals surface area contributed by atoms with Gasteiger partial charge in [0.25, 0.3) is 17.7 Å². The summed E-state index contributed by atoms with van der Waals surface area (Å²) in [5, 5.41) is 83.2. The van der Waals surface area contributed by atoms with Crippen LogP contribution in [0.5, 0.6) is 46.0 Å². The van der Waals surface area contributed by atoms with Crippen LogP contribution in [0.25, 0.3) is 0 Å². The van der Waals surface area contributed by atoms with Crippen molar-refractivity contribution >= 4 is 35.6 Å². The highest BCUT2D eigenvalue weighted by Gasteiger charge is 2.35. The van der Waals surface area contributed by atoms with E-state index >= 15 is 0 Å². The molecule has 11 N–H and O–H groups in total. The van der Waals surface area contributed by atoms with Gasteiger partial charge in [-0.1, -0.05) is 30.3 Å². The first-order valence-corrected chi connectivity index (χ1v) is 16.0. The van der Waals surface area contributed by atoms with Gasteiger partial charge in [-0.2, -0.15) is 0 Å². The lowest BCUT2D eigenvalue weighted by molar-refractivity contribution is -0.160. The number of hydrogen-bond acceptors (Lipinski definition) is 17. The van der Waals surface area contributed by atoms with Crippen LogP contribution in [-0.2, 0) is 28.6 Å². The van der Waals surface area contributed by atoms with Crippen molar-refractivity contribution in [3.8, 4) is 46.0 Å². The third kappa shape index (κ3) is 10.2. The number of cyclic esters (lactones) is 3. The molecule has 0 saturated carbocycles. The lowest BCUT2D eigenvalue weighted by Gasteiger charge is -2.25. The number of para-hydroxylation sites is 5. The van der Waals surface area contributed by atoms with E-state index in [4.69, 9.17) is 24.4 Å².